The summed E-state index contributed by atoms with van der Waals surface area (Å²) in [5.41, 5.74) is 0.401. The van der Waals surface area contributed by atoms with Crippen LogP contribution in [0.1, 0.15) is 18.2 Å². The summed E-state index contributed by atoms with van der Waals surface area (Å²) in [7, 11) is 1.80. The van der Waals surface area contributed by atoms with Gasteiger partial charge in [-0.2, -0.15) is 5.10 Å². The molecule has 0 spiro atoms. The van der Waals surface area contributed by atoms with Crippen LogP contribution in [0.5, 0.6) is 0 Å². The standard InChI is InChI=1S/C10H12N2O2/c1-10(13,8-4-6-14-7-8)9-3-5-11-12(9)2/h3-7,13H,1-2H3. The van der Waals surface area contributed by atoms with E-state index in [0.717, 1.165) is 11.3 Å². The molecule has 2 aromatic heterocycles. The van der Waals surface area contributed by atoms with Crippen LogP contribution < -0.4 is 0 Å². The van der Waals surface area contributed by atoms with Gasteiger partial charge >= 0.3 is 0 Å². The van der Waals surface area contributed by atoms with Crippen molar-refractivity contribution in [3.8, 4) is 0 Å². The van der Waals surface area contributed by atoms with Crippen LogP contribution in [0.3, 0.4) is 0 Å². The first kappa shape index (κ1) is 9.02. The highest BCUT2D eigenvalue weighted by Crippen LogP contribution is 2.28. The molecule has 4 nitrogen and oxygen atoms in total. The first-order valence-electron chi connectivity index (χ1n) is 4.36. The maximum atomic E-state index is 10.3. The highest BCUT2D eigenvalue weighted by atomic mass is 16.3. The van der Waals surface area contributed by atoms with E-state index >= 15 is 0 Å². The smallest absolute Gasteiger partial charge is 0.131 e. The van der Waals surface area contributed by atoms with Gasteiger partial charge in [0.05, 0.1) is 18.2 Å². The minimum atomic E-state index is -1.06. The summed E-state index contributed by atoms with van der Waals surface area (Å²) in [5.74, 6) is 0. The highest BCUT2D eigenvalue weighted by Gasteiger charge is 2.29. The van der Waals surface area contributed by atoms with Crippen LogP contribution in [0.25, 0.3) is 0 Å². The zero-order valence-corrected chi connectivity index (χ0v) is 8.14. The molecule has 0 aliphatic heterocycles. The first-order chi connectivity index (χ1) is 6.62. The molecule has 4 heteroatoms. The Morgan fingerprint density at radius 3 is 2.79 bits per heavy atom. The molecule has 0 aliphatic rings. The van der Waals surface area contributed by atoms with Crippen molar-refractivity contribution < 1.29 is 9.52 Å². The molecule has 0 fully saturated rings. The number of furan rings is 1. The SMILES string of the molecule is Cn1nccc1C(C)(O)c1ccoc1. The molecule has 2 heterocycles. The molecule has 0 aliphatic carbocycles. The molecule has 1 atom stereocenters. The second-order valence-corrected chi connectivity index (χ2v) is 3.42. The second-order valence-electron chi connectivity index (χ2n) is 3.42. The molecule has 14 heavy (non-hydrogen) atoms. The number of nitrogens with zero attached hydrogens (tertiary/aromatic N) is 2. The Hall–Kier alpha value is -1.55. The fourth-order valence-corrected chi connectivity index (χ4v) is 1.54. The quantitative estimate of drug-likeness (QED) is 0.779. The summed E-state index contributed by atoms with van der Waals surface area (Å²) in [4.78, 5) is 0. The summed E-state index contributed by atoms with van der Waals surface area (Å²) < 4.78 is 6.59. The first-order valence-corrected chi connectivity index (χ1v) is 4.36. The van der Waals surface area contributed by atoms with E-state index in [1.807, 2.05) is 0 Å². The Morgan fingerprint density at radius 1 is 1.50 bits per heavy atom. The summed E-state index contributed by atoms with van der Waals surface area (Å²) in [5, 5.41) is 14.3. The third kappa shape index (κ3) is 1.24. The number of hydrogen-bond donors (Lipinski definition) is 1. The van der Waals surface area contributed by atoms with Crippen molar-refractivity contribution in [2.45, 2.75) is 12.5 Å². The zero-order valence-electron chi connectivity index (χ0n) is 8.14. The van der Waals surface area contributed by atoms with Crippen LogP contribution in [0.2, 0.25) is 0 Å². The van der Waals surface area contributed by atoms with E-state index in [1.165, 1.54) is 6.26 Å². The lowest BCUT2D eigenvalue weighted by Gasteiger charge is -2.21. The number of aryl methyl sites for hydroxylation is 1. The molecular weight excluding hydrogens is 180 g/mol. The maximum Gasteiger partial charge on any atom is 0.131 e. The zero-order chi connectivity index (χ0) is 10.2. The summed E-state index contributed by atoms with van der Waals surface area (Å²) in [6.45, 7) is 1.72. The molecule has 0 saturated carbocycles. The number of aromatic nitrogens is 2. The van der Waals surface area contributed by atoms with E-state index in [-0.39, 0.29) is 0 Å². The summed E-state index contributed by atoms with van der Waals surface area (Å²) in [6.07, 6.45) is 4.73. The highest BCUT2D eigenvalue weighted by molar-refractivity contribution is 5.27. The summed E-state index contributed by atoms with van der Waals surface area (Å²) >= 11 is 0. The van der Waals surface area contributed by atoms with Gasteiger partial charge in [-0.1, -0.05) is 0 Å². The molecule has 74 valence electrons. The topological polar surface area (TPSA) is 51.2 Å². The molecule has 2 aromatic rings. The Kier molecular flexibility index (Phi) is 1.93. The van der Waals surface area contributed by atoms with Crippen LogP contribution >= 0.6 is 0 Å². The average molecular weight is 192 g/mol. The van der Waals surface area contributed by atoms with Crippen LogP contribution in [-0.2, 0) is 12.6 Å². The van der Waals surface area contributed by atoms with E-state index in [2.05, 4.69) is 5.10 Å². The van der Waals surface area contributed by atoms with Crippen molar-refractivity contribution >= 4 is 0 Å². The van der Waals surface area contributed by atoms with Gasteiger partial charge in [-0.15, -0.1) is 0 Å². The Morgan fingerprint density at radius 2 is 2.29 bits per heavy atom. The Labute approximate surface area is 81.8 Å². The Bertz CT molecular complexity index is 415. The molecule has 0 bridgehead atoms. The van der Waals surface area contributed by atoms with Gasteiger partial charge in [-0.05, 0) is 19.1 Å². The van der Waals surface area contributed by atoms with Crippen molar-refractivity contribution in [3.05, 3.63) is 42.1 Å². The predicted molar refractivity (Wildman–Crippen MR) is 50.6 cm³/mol. The molecule has 0 amide bonds. The van der Waals surface area contributed by atoms with Crippen molar-refractivity contribution in [3.63, 3.8) is 0 Å². The van der Waals surface area contributed by atoms with Crippen LogP contribution in [0.4, 0.5) is 0 Å². The fourth-order valence-electron chi connectivity index (χ4n) is 1.54. The lowest BCUT2D eigenvalue weighted by atomic mass is 9.95. The largest absolute Gasteiger partial charge is 0.472 e. The van der Waals surface area contributed by atoms with Crippen LogP contribution in [0.15, 0.2) is 35.3 Å². The molecule has 1 N–H and O–H groups in total. The number of rotatable bonds is 2. The van der Waals surface area contributed by atoms with Gasteiger partial charge in [-0.3, -0.25) is 4.68 Å². The lowest BCUT2D eigenvalue weighted by molar-refractivity contribution is 0.0922. The minimum Gasteiger partial charge on any atom is -0.472 e. The van der Waals surface area contributed by atoms with E-state index in [1.54, 1.807) is 43.2 Å². The predicted octanol–water partition coefficient (Wildman–Crippen LogP) is 1.27. The average Bonchev–Trinajstić information content (AvgIpc) is 2.72. The normalized spacial score (nSPS) is 15.4. The van der Waals surface area contributed by atoms with Crippen molar-refractivity contribution in [2.24, 2.45) is 7.05 Å². The monoisotopic (exact) mass is 192 g/mol. The van der Waals surface area contributed by atoms with E-state index < -0.39 is 5.60 Å². The van der Waals surface area contributed by atoms with Gasteiger partial charge in [0.15, 0.2) is 0 Å². The van der Waals surface area contributed by atoms with Gasteiger partial charge in [0, 0.05) is 18.8 Å². The summed E-state index contributed by atoms with van der Waals surface area (Å²) in [6, 6.07) is 3.53. The number of hydrogen-bond acceptors (Lipinski definition) is 3. The molecule has 1 unspecified atom stereocenters. The van der Waals surface area contributed by atoms with Gasteiger partial charge in [0.25, 0.3) is 0 Å². The third-order valence-electron chi connectivity index (χ3n) is 2.40. The van der Waals surface area contributed by atoms with Gasteiger partial charge in [0.1, 0.15) is 5.60 Å². The van der Waals surface area contributed by atoms with E-state index in [9.17, 15) is 5.11 Å². The lowest BCUT2D eigenvalue weighted by Crippen LogP contribution is -2.25. The van der Waals surface area contributed by atoms with Crippen LogP contribution in [-0.4, -0.2) is 14.9 Å². The van der Waals surface area contributed by atoms with Crippen molar-refractivity contribution in [2.75, 3.05) is 0 Å². The minimum absolute atomic E-state index is 0.723. The van der Waals surface area contributed by atoms with Crippen LogP contribution in [0, 0.1) is 0 Å². The molecule has 0 saturated heterocycles. The van der Waals surface area contributed by atoms with E-state index in [4.69, 9.17) is 4.42 Å². The molecule has 0 radical (unpaired) electrons. The van der Waals surface area contributed by atoms with Gasteiger partial charge in [-0.25, -0.2) is 0 Å². The Balaban J connectivity index is 2.48. The molecule has 0 aromatic carbocycles. The maximum absolute atomic E-state index is 10.3. The van der Waals surface area contributed by atoms with Crippen molar-refractivity contribution in [1.82, 2.24) is 9.78 Å². The van der Waals surface area contributed by atoms with Gasteiger partial charge < -0.3 is 9.52 Å². The van der Waals surface area contributed by atoms with E-state index in [0.29, 0.717) is 0 Å². The number of aliphatic hydroxyl groups is 1. The fraction of sp³-hybridized carbons (Fsp3) is 0.300. The van der Waals surface area contributed by atoms with Crippen molar-refractivity contribution in [1.29, 1.82) is 0 Å². The molecular formula is C10H12N2O2. The second kappa shape index (κ2) is 2.99. The molecule has 2 rings (SSSR count). The third-order valence-corrected chi connectivity index (χ3v) is 2.40. The van der Waals surface area contributed by atoms with Gasteiger partial charge in [0.2, 0.25) is 0 Å².